The van der Waals surface area contributed by atoms with Crippen molar-refractivity contribution in [3.8, 4) is 17.1 Å². The predicted molar refractivity (Wildman–Crippen MR) is 103 cm³/mol. The van der Waals surface area contributed by atoms with Crippen LogP contribution in [0.5, 0.6) is 6.01 Å². The molecule has 0 saturated carbocycles. The molecule has 0 aliphatic carbocycles. The maximum absolute atomic E-state index is 5.59. The summed E-state index contributed by atoms with van der Waals surface area (Å²) in [5.41, 5.74) is 5.76. The molecule has 6 heteroatoms. The van der Waals surface area contributed by atoms with Crippen LogP contribution >= 0.6 is 0 Å². The topological polar surface area (TPSA) is 62.1 Å². The maximum atomic E-state index is 5.59. The largest absolute Gasteiger partial charge is 0.468 e. The van der Waals surface area contributed by atoms with E-state index in [4.69, 9.17) is 14.5 Å². The summed E-state index contributed by atoms with van der Waals surface area (Å²) in [7, 11) is 3.37. The molecular formula is C20H26N4O2. The zero-order valence-electron chi connectivity index (χ0n) is 16.1. The molecule has 3 rings (SSSR count). The third kappa shape index (κ3) is 3.29. The van der Waals surface area contributed by atoms with Gasteiger partial charge in [0.2, 0.25) is 0 Å². The molecule has 0 aliphatic heterocycles. The van der Waals surface area contributed by atoms with Gasteiger partial charge in [-0.3, -0.25) is 9.55 Å². The highest BCUT2D eigenvalue weighted by Crippen LogP contribution is 2.34. The number of rotatable bonds is 7. The smallest absolute Gasteiger partial charge is 0.298 e. The zero-order chi connectivity index (χ0) is 18.7. The lowest BCUT2D eigenvalue weighted by Gasteiger charge is -2.18. The lowest BCUT2D eigenvalue weighted by molar-refractivity contribution is 0.175. The van der Waals surface area contributed by atoms with Gasteiger partial charge in [0.15, 0.2) is 5.65 Å². The standard InChI is InChI=1S/C20H26N4O2/c1-6-15(10-12-25-4)24-19-18(23-20(24)26-5)17(9-11-21-19)16-8-7-13(2)22-14(16)3/h7-9,11,15H,6,10,12H2,1-5H3. The Morgan fingerprint density at radius 2 is 1.88 bits per heavy atom. The van der Waals surface area contributed by atoms with E-state index in [1.54, 1.807) is 14.2 Å². The lowest BCUT2D eigenvalue weighted by Crippen LogP contribution is -2.12. The van der Waals surface area contributed by atoms with Gasteiger partial charge < -0.3 is 9.47 Å². The molecule has 0 spiro atoms. The molecule has 6 nitrogen and oxygen atoms in total. The first-order valence-corrected chi connectivity index (χ1v) is 8.95. The minimum atomic E-state index is 0.217. The molecule has 1 unspecified atom stereocenters. The molecule has 0 radical (unpaired) electrons. The second kappa shape index (κ2) is 7.83. The van der Waals surface area contributed by atoms with E-state index in [1.807, 2.05) is 32.2 Å². The van der Waals surface area contributed by atoms with Gasteiger partial charge in [0.05, 0.1) is 7.11 Å². The van der Waals surface area contributed by atoms with E-state index in [9.17, 15) is 0 Å². The molecule has 3 aromatic heterocycles. The number of aromatic nitrogens is 4. The molecule has 1 atom stereocenters. The molecule has 0 aliphatic rings. The van der Waals surface area contributed by atoms with E-state index in [0.717, 1.165) is 46.5 Å². The Kier molecular flexibility index (Phi) is 5.52. The molecule has 0 bridgehead atoms. The zero-order valence-corrected chi connectivity index (χ0v) is 16.1. The van der Waals surface area contributed by atoms with Gasteiger partial charge in [-0.1, -0.05) is 13.0 Å². The van der Waals surface area contributed by atoms with Crippen LogP contribution in [-0.2, 0) is 4.74 Å². The summed E-state index contributed by atoms with van der Waals surface area (Å²) >= 11 is 0. The fraction of sp³-hybridized carbons (Fsp3) is 0.450. The average Bonchev–Trinajstić information content (AvgIpc) is 3.01. The van der Waals surface area contributed by atoms with Crippen LogP contribution in [0.2, 0.25) is 0 Å². The van der Waals surface area contributed by atoms with Gasteiger partial charge in [-0.05, 0) is 38.8 Å². The molecule has 0 amide bonds. The summed E-state index contributed by atoms with van der Waals surface area (Å²) in [6.45, 7) is 6.86. The summed E-state index contributed by atoms with van der Waals surface area (Å²) in [6.07, 6.45) is 3.66. The second-order valence-electron chi connectivity index (χ2n) is 6.43. The van der Waals surface area contributed by atoms with E-state index in [1.165, 1.54) is 0 Å². The molecule has 138 valence electrons. The first kappa shape index (κ1) is 18.3. The fourth-order valence-electron chi connectivity index (χ4n) is 3.40. The van der Waals surface area contributed by atoms with Crippen molar-refractivity contribution in [1.82, 2.24) is 19.5 Å². The molecule has 26 heavy (non-hydrogen) atoms. The predicted octanol–water partition coefficient (Wildman–Crippen LogP) is 4.11. The highest BCUT2D eigenvalue weighted by atomic mass is 16.5. The van der Waals surface area contributed by atoms with Crippen LogP contribution in [0.1, 0.15) is 37.2 Å². The Bertz CT molecular complexity index is 904. The van der Waals surface area contributed by atoms with Crippen LogP contribution in [0.15, 0.2) is 24.4 Å². The third-order valence-corrected chi connectivity index (χ3v) is 4.74. The van der Waals surface area contributed by atoms with Crippen molar-refractivity contribution in [3.05, 3.63) is 35.8 Å². The van der Waals surface area contributed by atoms with Crippen molar-refractivity contribution in [2.75, 3.05) is 20.8 Å². The number of fused-ring (bicyclic) bond motifs is 1. The van der Waals surface area contributed by atoms with E-state index < -0.39 is 0 Å². The molecule has 0 saturated heterocycles. The fourth-order valence-corrected chi connectivity index (χ4v) is 3.40. The van der Waals surface area contributed by atoms with E-state index in [0.29, 0.717) is 12.6 Å². The first-order chi connectivity index (χ1) is 12.6. The van der Waals surface area contributed by atoms with Crippen LogP contribution in [0, 0.1) is 13.8 Å². The van der Waals surface area contributed by atoms with Crippen LogP contribution in [0.25, 0.3) is 22.3 Å². The molecule has 3 heterocycles. The maximum Gasteiger partial charge on any atom is 0.298 e. The number of pyridine rings is 2. The van der Waals surface area contributed by atoms with Crippen molar-refractivity contribution in [2.24, 2.45) is 0 Å². The van der Waals surface area contributed by atoms with Crippen molar-refractivity contribution < 1.29 is 9.47 Å². The van der Waals surface area contributed by atoms with Gasteiger partial charge in [-0.25, -0.2) is 4.98 Å². The van der Waals surface area contributed by atoms with E-state index >= 15 is 0 Å². The Morgan fingerprint density at radius 1 is 1.08 bits per heavy atom. The number of aryl methyl sites for hydroxylation is 2. The summed E-state index contributed by atoms with van der Waals surface area (Å²) in [5, 5.41) is 0. The van der Waals surface area contributed by atoms with Crippen LogP contribution in [-0.4, -0.2) is 40.3 Å². The Hall–Kier alpha value is -2.47. The van der Waals surface area contributed by atoms with Crippen LogP contribution in [0.3, 0.4) is 0 Å². The number of hydrogen-bond acceptors (Lipinski definition) is 5. The van der Waals surface area contributed by atoms with Gasteiger partial charge in [0.1, 0.15) is 5.52 Å². The SMILES string of the molecule is CCC(CCOC)n1c(OC)nc2c(-c3ccc(C)nc3C)ccnc21. The molecule has 0 fully saturated rings. The Labute approximate surface area is 154 Å². The molecule has 0 aromatic carbocycles. The van der Waals surface area contributed by atoms with Crippen LogP contribution in [0.4, 0.5) is 0 Å². The third-order valence-electron chi connectivity index (χ3n) is 4.74. The lowest BCUT2D eigenvalue weighted by atomic mass is 10.0. The quantitative estimate of drug-likeness (QED) is 0.639. The van der Waals surface area contributed by atoms with Crippen molar-refractivity contribution in [2.45, 2.75) is 39.7 Å². The highest BCUT2D eigenvalue weighted by molar-refractivity contribution is 5.91. The van der Waals surface area contributed by atoms with Crippen LogP contribution < -0.4 is 4.74 Å². The average molecular weight is 354 g/mol. The Morgan fingerprint density at radius 3 is 2.54 bits per heavy atom. The van der Waals surface area contributed by atoms with E-state index in [-0.39, 0.29) is 6.04 Å². The number of methoxy groups -OCH3 is 2. The van der Waals surface area contributed by atoms with Crippen molar-refractivity contribution >= 4 is 11.2 Å². The van der Waals surface area contributed by atoms with Gasteiger partial charge in [-0.15, -0.1) is 0 Å². The van der Waals surface area contributed by atoms with Gasteiger partial charge in [0.25, 0.3) is 6.01 Å². The number of imidazole rings is 1. The highest BCUT2D eigenvalue weighted by Gasteiger charge is 2.22. The number of hydrogen-bond donors (Lipinski definition) is 0. The summed E-state index contributed by atoms with van der Waals surface area (Å²) in [4.78, 5) is 14.0. The second-order valence-corrected chi connectivity index (χ2v) is 6.43. The van der Waals surface area contributed by atoms with Gasteiger partial charge in [-0.2, -0.15) is 4.98 Å². The normalized spacial score (nSPS) is 12.5. The van der Waals surface area contributed by atoms with E-state index in [2.05, 4.69) is 27.5 Å². The summed E-state index contributed by atoms with van der Waals surface area (Å²) in [5.74, 6) is 0. The molecular weight excluding hydrogens is 328 g/mol. The number of ether oxygens (including phenoxy) is 2. The van der Waals surface area contributed by atoms with Gasteiger partial charge >= 0.3 is 0 Å². The van der Waals surface area contributed by atoms with Crippen molar-refractivity contribution in [3.63, 3.8) is 0 Å². The minimum absolute atomic E-state index is 0.217. The molecule has 3 aromatic rings. The molecule has 0 N–H and O–H groups in total. The minimum Gasteiger partial charge on any atom is -0.468 e. The summed E-state index contributed by atoms with van der Waals surface area (Å²) < 4.78 is 13.0. The summed E-state index contributed by atoms with van der Waals surface area (Å²) in [6, 6.07) is 6.92. The monoisotopic (exact) mass is 354 g/mol. The first-order valence-electron chi connectivity index (χ1n) is 8.95. The van der Waals surface area contributed by atoms with Gasteiger partial charge in [0, 0.05) is 48.5 Å². The Balaban J connectivity index is 2.20. The van der Waals surface area contributed by atoms with Crippen molar-refractivity contribution in [1.29, 1.82) is 0 Å². The number of nitrogens with zero attached hydrogens (tertiary/aromatic N) is 4.